The van der Waals surface area contributed by atoms with E-state index in [-0.39, 0.29) is 5.91 Å². The molecule has 0 fully saturated rings. The second-order valence-corrected chi connectivity index (χ2v) is 3.53. The van der Waals surface area contributed by atoms with Crippen molar-refractivity contribution >= 4 is 11.6 Å². The Bertz CT molecular complexity index is 413. The number of hydrogen-bond acceptors (Lipinski definition) is 3. The Hall–Kier alpha value is -1.97. The van der Waals surface area contributed by atoms with Crippen molar-refractivity contribution in [3.63, 3.8) is 0 Å². The average Bonchev–Trinajstić information content (AvgIpc) is 2.38. The largest absolute Gasteiger partial charge is 0.375 e. The molecule has 0 saturated heterocycles. The van der Waals surface area contributed by atoms with Gasteiger partial charge in [0, 0.05) is 14.1 Å². The minimum atomic E-state index is -0.0972. The Morgan fingerprint density at radius 1 is 1.24 bits per heavy atom. The van der Waals surface area contributed by atoms with Gasteiger partial charge in [-0.25, -0.2) is 0 Å². The van der Waals surface area contributed by atoms with Gasteiger partial charge in [0.25, 0.3) is 5.91 Å². The molecule has 92 valence electrons. The number of rotatable bonds is 5. The Kier molecular flexibility index (Phi) is 5.07. The molecule has 0 aromatic heterocycles. The zero-order valence-corrected chi connectivity index (χ0v) is 10.5. The van der Waals surface area contributed by atoms with Gasteiger partial charge in [-0.05, 0) is 24.6 Å². The normalized spacial score (nSPS) is 10.9. The molecule has 0 bridgehead atoms. The van der Waals surface area contributed by atoms with E-state index in [2.05, 4.69) is 22.9 Å². The third kappa shape index (κ3) is 3.52. The molecule has 0 unspecified atom stereocenters. The van der Waals surface area contributed by atoms with Crippen LogP contribution in [0.4, 0.5) is 5.69 Å². The number of para-hydroxylation sites is 1. The number of nitrogens with one attached hydrogen (secondary N) is 3. The fourth-order valence-corrected chi connectivity index (χ4v) is 1.49. The standard InChI is InChI=1S/C13H19N3O/c1-4-7-12(14-2)16-11-9-6-5-8-10(11)13(17)15-3/h5-9,14,16H,4H2,1-3H3,(H,15,17)/b12-7-. The highest BCUT2D eigenvalue weighted by Gasteiger charge is 2.09. The Balaban J connectivity index is 2.97. The lowest BCUT2D eigenvalue weighted by molar-refractivity contribution is 0.0964. The summed E-state index contributed by atoms with van der Waals surface area (Å²) in [7, 11) is 3.47. The second kappa shape index (κ2) is 6.58. The van der Waals surface area contributed by atoms with Gasteiger partial charge in [0.2, 0.25) is 0 Å². The predicted molar refractivity (Wildman–Crippen MR) is 70.9 cm³/mol. The van der Waals surface area contributed by atoms with Crippen LogP contribution in [0.1, 0.15) is 23.7 Å². The maximum atomic E-state index is 11.7. The molecule has 0 aliphatic heterocycles. The smallest absolute Gasteiger partial charge is 0.253 e. The summed E-state index contributed by atoms with van der Waals surface area (Å²) in [6.45, 7) is 2.06. The molecule has 0 saturated carbocycles. The molecule has 0 heterocycles. The van der Waals surface area contributed by atoms with Gasteiger partial charge in [-0.1, -0.05) is 19.1 Å². The zero-order valence-electron chi connectivity index (χ0n) is 10.5. The summed E-state index contributed by atoms with van der Waals surface area (Å²) in [6, 6.07) is 7.41. The molecular formula is C13H19N3O. The number of hydrogen-bond donors (Lipinski definition) is 3. The van der Waals surface area contributed by atoms with Crippen molar-refractivity contribution in [1.82, 2.24) is 10.6 Å². The van der Waals surface area contributed by atoms with E-state index in [0.29, 0.717) is 5.56 Å². The number of carbonyl (C=O) groups is 1. The molecule has 1 aromatic carbocycles. The van der Waals surface area contributed by atoms with E-state index in [1.165, 1.54) is 0 Å². The fraction of sp³-hybridized carbons (Fsp3) is 0.308. The first-order chi connectivity index (χ1) is 8.22. The molecule has 17 heavy (non-hydrogen) atoms. The van der Waals surface area contributed by atoms with Crippen LogP contribution in [0, 0.1) is 0 Å². The van der Waals surface area contributed by atoms with Gasteiger partial charge in [-0.2, -0.15) is 0 Å². The first-order valence-electron chi connectivity index (χ1n) is 5.69. The summed E-state index contributed by atoms with van der Waals surface area (Å²) in [4.78, 5) is 11.7. The van der Waals surface area contributed by atoms with Gasteiger partial charge in [-0.3, -0.25) is 4.79 Å². The van der Waals surface area contributed by atoms with Crippen molar-refractivity contribution in [2.24, 2.45) is 0 Å². The summed E-state index contributed by atoms with van der Waals surface area (Å²) in [5, 5.41) is 8.88. The molecular weight excluding hydrogens is 214 g/mol. The monoisotopic (exact) mass is 233 g/mol. The van der Waals surface area contributed by atoms with Crippen LogP contribution in [-0.2, 0) is 0 Å². The molecule has 0 aliphatic carbocycles. The molecule has 0 spiro atoms. The number of benzene rings is 1. The van der Waals surface area contributed by atoms with Crippen LogP contribution >= 0.6 is 0 Å². The molecule has 4 heteroatoms. The molecule has 1 rings (SSSR count). The van der Waals surface area contributed by atoms with Crippen molar-refractivity contribution in [2.75, 3.05) is 19.4 Å². The van der Waals surface area contributed by atoms with E-state index in [9.17, 15) is 4.79 Å². The van der Waals surface area contributed by atoms with E-state index in [1.54, 1.807) is 13.1 Å². The quantitative estimate of drug-likeness (QED) is 0.728. The first kappa shape index (κ1) is 13.1. The molecule has 1 aromatic rings. The maximum Gasteiger partial charge on any atom is 0.253 e. The van der Waals surface area contributed by atoms with E-state index >= 15 is 0 Å². The van der Waals surface area contributed by atoms with Crippen molar-refractivity contribution in [3.05, 3.63) is 41.7 Å². The van der Waals surface area contributed by atoms with Crippen LogP contribution in [0.25, 0.3) is 0 Å². The van der Waals surface area contributed by atoms with Crippen LogP contribution in [0.2, 0.25) is 0 Å². The molecule has 0 aliphatic rings. The summed E-state index contributed by atoms with van der Waals surface area (Å²) < 4.78 is 0. The van der Waals surface area contributed by atoms with Gasteiger partial charge < -0.3 is 16.0 Å². The number of carbonyl (C=O) groups excluding carboxylic acids is 1. The summed E-state index contributed by atoms with van der Waals surface area (Å²) in [5.74, 6) is 0.795. The van der Waals surface area contributed by atoms with E-state index in [0.717, 1.165) is 17.9 Å². The number of allylic oxidation sites excluding steroid dienone is 1. The predicted octanol–water partition coefficient (Wildman–Crippen LogP) is 1.93. The van der Waals surface area contributed by atoms with E-state index in [4.69, 9.17) is 0 Å². The highest BCUT2D eigenvalue weighted by Crippen LogP contribution is 2.16. The van der Waals surface area contributed by atoms with Gasteiger partial charge in [0.1, 0.15) is 0 Å². The third-order valence-electron chi connectivity index (χ3n) is 2.35. The Morgan fingerprint density at radius 3 is 2.53 bits per heavy atom. The average molecular weight is 233 g/mol. The SMILES string of the molecule is CC/C=C(/NC)Nc1ccccc1C(=O)NC. The number of anilines is 1. The zero-order chi connectivity index (χ0) is 12.7. The summed E-state index contributed by atoms with van der Waals surface area (Å²) in [5.41, 5.74) is 1.42. The second-order valence-electron chi connectivity index (χ2n) is 3.53. The number of amides is 1. The van der Waals surface area contributed by atoms with Crippen LogP contribution in [-0.4, -0.2) is 20.0 Å². The lowest BCUT2D eigenvalue weighted by Crippen LogP contribution is -2.21. The van der Waals surface area contributed by atoms with Crippen molar-refractivity contribution in [2.45, 2.75) is 13.3 Å². The van der Waals surface area contributed by atoms with Gasteiger partial charge in [0.05, 0.1) is 17.1 Å². The third-order valence-corrected chi connectivity index (χ3v) is 2.35. The highest BCUT2D eigenvalue weighted by molar-refractivity contribution is 5.99. The van der Waals surface area contributed by atoms with Crippen molar-refractivity contribution < 1.29 is 4.79 Å². The van der Waals surface area contributed by atoms with Gasteiger partial charge in [0.15, 0.2) is 0 Å². The Labute approximate surface area is 102 Å². The van der Waals surface area contributed by atoms with Crippen LogP contribution in [0.3, 0.4) is 0 Å². The molecule has 0 atom stereocenters. The molecule has 1 amide bonds. The lowest BCUT2D eigenvalue weighted by Gasteiger charge is -2.13. The minimum absolute atomic E-state index is 0.0972. The molecule has 4 nitrogen and oxygen atoms in total. The topological polar surface area (TPSA) is 53.2 Å². The first-order valence-corrected chi connectivity index (χ1v) is 5.69. The molecule has 0 radical (unpaired) electrons. The van der Waals surface area contributed by atoms with Crippen molar-refractivity contribution in [1.29, 1.82) is 0 Å². The van der Waals surface area contributed by atoms with Gasteiger partial charge in [-0.15, -0.1) is 0 Å². The van der Waals surface area contributed by atoms with Crippen LogP contribution < -0.4 is 16.0 Å². The Morgan fingerprint density at radius 2 is 1.94 bits per heavy atom. The summed E-state index contributed by atoms with van der Waals surface area (Å²) >= 11 is 0. The lowest BCUT2D eigenvalue weighted by atomic mass is 10.1. The van der Waals surface area contributed by atoms with Gasteiger partial charge >= 0.3 is 0 Å². The fourth-order valence-electron chi connectivity index (χ4n) is 1.49. The maximum absolute atomic E-state index is 11.7. The van der Waals surface area contributed by atoms with E-state index in [1.807, 2.05) is 31.3 Å². The van der Waals surface area contributed by atoms with Crippen LogP contribution in [0.5, 0.6) is 0 Å². The minimum Gasteiger partial charge on any atom is -0.375 e. The molecule has 3 N–H and O–H groups in total. The van der Waals surface area contributed by atoms with Crippen LogP contribution in [0.15, 0.2) is 36.2 Å². The van der Waals surface area contributed by atoms with Crippen molar-refractivity contribution in [3.8, 4) is 0 Å². The van der Waals surface area contributed by atoms with E-state index < -0.39 is 0 Å². The summed E-state index contributed by atoms with van der Waals surface area (Å²) in [6.07, 6.45) is 2.95. The highest BCUT2D eigenvalue weighted by atomic mass is 16.1.